The van der Waals surface area contributed by atoms with Crippen molar-refractivity contribution >= 4 is 32.9 Å². The Bertz CT molecular complexity index is 513. The molecule has 0 aliphatic carbocycles. The van der Waals surface area contributed by atoms with E-state index in [1.54, 1.807) is 18.2 Å². The minimum atomic E-state index is -0.984. The Hall–Kier alpha value is -1.49. The topological polar surface area (TPSA) is 63.1 Å². The fourth-order valence-corrected chi connectivity index (χ4v) is 1.40. The van der Waals surface area contributed by atoms with Crippen LogP contribution in [-0.2, 0) is 0 Å². The normalized spacial score (nSPS) is 10.4. The highest BCUT2D eigenvalue weighted by Crippen LogP contribution is 2.14. The van der Waals surface area contributed by atoms with Crippen molar-refractivity contribution in [1.29, 1.82) is 0 Å². The molecule has 0 aromatic carbocycles. The predicted octanol–water partition coefficient (Wildman–Crippen LogP) is 2.09. The van der Waals surface area contributed by atoms with Crippen LogP contribution >= 0.6 is 15.9 Å². The molecule has 14 heavy (non-hydrogen) atoms. The second-order valence-corrected chi connectivity index (χ2v) is 3.52. The molecule has 0 atom stereocenters. The summed E-state index contributed by atoms with van der Waals surface area (Å²) in [7, 11) is 0. The SMILES string of the molecule is O=C(O)c1cnc2nc(Br)ccc2c1. The van der Waals surface area contributed by atoms with Crippen LogP contribution in [0.1, 0.15) is 10.4 Å². The first-order valence-electron chi connectivity index (χ1n) is 3.82. The number of carboxylic acids is 1. The molecular formula is C9H5BrN2O2. The highest BCUT2D eigenvalue weighted by atomic mass is 79.9. The predicted molar refractivity (Wildman–Crippen MR) is 54.2 cm³/mol. The average molecular weight is 253 g/mol. The zero-order valence-electron chi connectivity index (χ0n) is 6.94. The fraction of sp³-hybridized carbons (Fsp3) is 0. The number of hydrogen-bond acceptors (Lipinski definition) is 3. The third-order valence-corrected chi connectivity index (χ3v) is 2.20. The fourth-order valence-electron chi connectivity index (χ4n) is 1.10. The lowest BCUT2D eigenvalue weighted by Crippen LogP contribution is -1.97. The smallest absolute Gasteiger partial charge is 0.337 e. The van der Waals surface area contributed by atoms with Gasteiger partial charge in [0.05, 0.1) is 5.56 Å². The van der Waals surface area contributed by atoms with Crippen molar-refractivity contribution in [2.45, 2.75) is 0 Å². The van der Waals surface area contributed by atoms with Crippen LogP contribution < -0.4 is 0 Å². The van der Waals surface area contributed by atoms with Crippen molar-refractivity contribution < 1.29 is 9.90 Å². The maximum atomic E-state index is 10.6. The molecule has 4 nitrogen and oxygen atoms in total. The van der Waals surface area contributed by atoms with Gasteiger partial charge in [-0.25, -0.2) is 14.8 Å². The molecule has 0 amide bonds. The van der Waals surface area contributed by atoms with Crippen LogP contribution in [0.2, 0.25) is 0 Å². The highest BCUT2D eigenvalue weighted by Gasteiger charge is 2.05. The molecule has 2 aromatic rings. The summed E-state index contributed by atoms with van der Waals surface area (Å²) >= 11 is 3.21. The number of halogens is 1. The van der Waals surface area contributed by atoms with Gasteiger partial charge in [-0.15, -0.1) is 0 Å². The molecule has 2 aromatic heterocycles. The summed E-state index contributed by atoms with van der Waals surface area (Å²) in [6.45, 7) is 0. The van der Waals surface area contributed by atoms with Gasteiger partial charge in [-0.05, 0) is 34.1 Å². The lowest BCUT2D eigenvalue weighted by Gasteiger charge is -1.98. The molecule has 0 bridgehead atoms. The van der Waals surface area contributed by atoms with Crippen LogP contribution in [0, 0.1) is 0 Å². The van der Waals surface area contributed by atoms with Crippen molar-refractivity contribution in [1.82, 2.24) is 9.97 Å². The number of carboxylic acid groups (broad SMARTS) is 1. The van der Waals surface area contributed by atoms with Crippen LogP contribution in [0.5, 0.6) is 0 Å². The van der Waals surface area contributed by atoms with E-state index in [1.165, 1.54) is 6.20 Å². The largest absolute Gasteiger partial charge is 0.478 e. The van der Waals surface area contributed by atoms with Crippen molar-refractivity contribution in [3.63, 3.8) is 0 Å². The van der Waals surface area contributed by atoms with Gasteiger partial charge < -0.3 is 5.11 Å². The van der Waals surface area contributed by atoms with Gasteiger partial charge in [-0.3, -0.25) is 0 Å². The summed E-state index contributed by atoms with van der Waals surface area (Å²) < 4.78 is 0.681. The van der Waals surface area contributed by atoms with Crippen LogP contribution in [0.25, 0.3) is 11.0 Å². The van der Waals surface area contributed by atoms with E-state index in [4.69, 9.17) is 5.11 Å². The van der Waals surface area contributed by atoms with E-state index in [2.05, 4.69) is 25.9 Å². The Kier molecular flexibility index (Phi) is 2.17. The molecule has 0 fully saturated rings. The number of aromatic nitrogens is 2. The molecule has 0 saturated heterocycles. The van der Waals surface area contributed by atoms with E-state index in [9.17, 15) is 4.79 Å². The summed E-state index contributed by atoms with van der Waals surface area (Å²) in [5.74, 6) is -0.984. The molecule has 0 spiro atoms. The molecular weight excluding hydrogens is 248 g/mol. The Labute approximate surface area is 87.7 Å². The molecule has 2 heterocycles. The van der Waals surface area contributed by atoms with Gasteiger partial charge in [0, 0.05) is 11.6 Å². The van der Waals surface area contributed by atoms with Gasteiger partial charge >= 0.3 is 5.97 Å². The number of carbonyl (C=O) groups is 1. The van der Waals surface area contributed by atoms with Crippen molar-refractivity contribution in [3.8, 4) is 0 Å². The molecule has 0 radical (unpaired) electrons. The first-order valence-corrected chi connectivity index (χ1v) is 4.62. The van der Waals surface area contributed by atoms with E-state index < -0.39 is 5.97 Å². The molecule has 2 rings (SSSR count). The third-order valence-electron chi connectivity index (χ3n) is 1.76. The van der Waals surface area contributed by atoms with Crippen LogP contribution in [0.4, 0.5) is 0 Å². The number of aromatic carboxylic acids is 1. The zero-order chi connectivity index (χ0) is 10.1. The first-order chi connectivity index (χ1) is 6.66. The summed E-state index contributed by atoms with van der Waals surface area (Å²) in [5, 5.41) is 9.45. The van der Waals surface area contributed by atoms with Crippen molar-refractivity contribution in [3.05, 3.63) is 34.6 Å². The van der Waals surface area contributed by atoms with Gasteiger partial charge in [0.25, 0.3) is 0 Å². The molecule has 0 unspecified atom stereocenters. The summed E-state index contributed by atoms with van der Waals surface area (Å²) in [5.41, 5.74) is 0.700. The molecule has 0 aliphatic heterocycles. The van der Waals surface area contributed by atoms with Crippen molar-refractivity contribution in [2.75, 3.05) is 0 Å². The number of hydrogen-bond donors (Lipinski definition) is 1. The Balaban J connectivity index is 2.67. The Morgan fingerprint density at radius 2 is 2.21 bits per heavy atom. The second kappa shape index (κ2) is 3.34. The van der Waals surface area contributed by atoms with Crippen LogP contribution in [-0.4, -0.2) is 21.0 Å². The van der Waals surface area contributed by atoms with Gasteiger partial charge in [0.2, 0.25) is 0 Å². The molecule has 70 valence electrons. The third kappa shape index (κ3) is 1.58. The van der Waals surface area contributed by atoms with E-state index in [-0.39, 0.29) is 5.56 Å². The molecule has 5 heteroatoms. The van der Waals surface area contributed by atoms with E-state index in [0.717, 1.165) is 0 Å². The van der Waals surface area contributed by atoms with E-state index in [0.29, 0.717) is 15.6 Å². The maximum absolute atomic E-state index is 10.6. The number of fused-ring (bicyclic) bond motifs is 1. The monoisotopic (exact) mass is 252 g/mol. The lowest BCUT2D eigenvalue weighted by molar-refractivity contribution is 0.0696. The second-order valence-electron chi connectivity index (χ2n) is 2.71. The Morgan fingerprint density at radius 3 is 2.93 bits per heavy atom. The average Bonchev–Trinajstić information content (AvgIpc) is 2.16. The minimum Gasteiger partial charge on any atom is -0.478 e. The van der Waals surface area contributed by atoms with Gasteiger partial charge in [-0.2, -0.15) is 0 Å². The summed E-state index contributed by atoms with van der Waals surface area (Å²) in [4.78, 5) is 18.7. The maximum Gasteiger partial charge on any atom is 0.337 e. The molecule has 0 aliphatic rings. The van der Waals surface area contributed by atoms with Crippen LogP contribution in [0.15, 0.2) is 29.0 Å². The molecule has 0 saturated carbocycles. The van der Waals surface area contributed by atoms with Crippen molar-refractivity contribution in [2.24, 2.45) is 0 Å². The quantitative estimate of drug-likeness (QED) is 0.790. The van der Waals surface area contributed by atoms with Gasteiger partial charge in [-0.1, -0.05) is 0 Å². The molecule has 1 N–H and O–H groups in total. The first kappa shape index (κ1) is 9.08. The minimum absolute atomic E-state index is 0.168. The zero-order valence-corrected chi connectivity index (χ0v) is 8.52. The van der Waals surface area contributed by atoms with E-state index in [1.807, 2.05) is 0 Å². The summed E-state index contributed by atoms with van der Waals surface area (Å²) in [6.07, 6.45) is 1.30. The van der Waals surface area contributed by atoms with Crippen LogP contribution in [0.3, 0.4) is 0 Å². The highest BCUT2D eigenvalue weighted by molar-refractivity contribution is 9.10. The Morgan fingerprint density at radius 1 is 1.43 bits per heavy atom. The van der Waals surface area contributed by atoms with Gasteiger partial charge in [0.1, 0.15) is 4.60 Å². The summed E-state index contributed by atoms with van der Waals surface area (Å²) in [6, 6.07) is 5.06. The van der Waals surface area contributed by atoms with E-state index >= 15 is 0 Å². The number of rotatable bonds is 1. The number of nitrogens with zero attached hydrogens (tertiary/aromatic N) is 2. The van der Waals surface area contributed by atoms with Gasteiger partial charge in [0.15, 0.2) is 5.65 Å². The number of pyridine rings is 2. The lowest BCUT2D eigenvalue weighted by atomic mass is 10.2. The standard InChI is InChI=1S/C9H5BrN2O2/c10-7-2-1-5-3-6(9(13)14)4-11-8(5)12-7/h1-4H,(H,13,14).